The van der Waals surface area contributed by atoms with Crippen LogP contribution in [0, 0.1) is 17.0 Å². The molecule has 0 aliphatic carbocycles. The molecule has 0 saturated heterocycles. The number of amides is 1. The summed E-state index contributed by atoms with van der Waals surface area (Å²) in [6.07, 6.45) is 1.60. The molecular formula is C25H21N3O5. The second kappa shape index (κ2) is 9.35. The average Bonchev–Trinajstić information content (AvgIpc) is 3.31. The number of nitro groups is 1. The first-order valence-corrected chi connectivity index (χ1v) is 10.3. The van der Waals surface area contributed by atoms with Crippen LogP contribution in [0.2, 0.25) is 0 Å². The van der Waals surface area contributed by atoms with Crippen molar-refractivity contribution in [1.82, 2.24) is 4.98 Å². The molecule has 1 amide bonds. The maximum absolute atomic E-state index is 13.1. The van der Waals surface area contributed by atoms with Gasteiger partial charge < -0.3 is 14.5 Å². The molecule has 0 aliphatic heterocycles. The van der Waals surface area contributed by atoms with E-state index in [0.29, 0.717) is 40.6 Å². The quantitative estimate of drug-likeness (QED) is 0.282. The predicted octanol–water partition coefficient (Wildman–Crippen LogP) is 5.88. The SMILES string of the molecule is CCOc1ccc(-c2cnc(-c3ccccc3C(=O)Nc3cccc([N+](=O)[O-])c3C)o2)cc1. The van der Waals surface area contributed by atoms with E-state index >= 15 is 0 Å². The van der Waals surface area contributed by atoms with Crippen LogP contribution in [-0.4, -0.2) is 22.4 Å². The maximum atomic E-state index is 13.1. The van der Waals surface area contributed by atoms with Crippen LogP contribution < -0.4 is 10.1 Å². The van der Waals surface area contributed by atoms with Crippen molar-refractivity contribution in [3.05, 3.63) is 94.2 Å². The van der Waals surface area contributed by atoms with Gasteiger partial charge in [0, 0.05) is 17.2 Å². The van der Waals surface area contributed by atoms with Crippen molar-refractivity contribution in [1.29, 1.82) is 0 Å². The number of aromatic nitrogens is 1. The van der Waals surface area contributed by atoms with Crippen LogP contribution in [-0.2, 0) is 0 Å². The Morgan fingerprint density at radius 2 is 1.85 bits per heavy atom. The molecule has 0 aliphatic rings. The Kier molecular flexibility index (Phi) is 6.17. The largest absolute Gasteiger partial charge is 0.494 e. The molecule has 4 aromatic rings. The third-order valence-electron chi connectivity index (χ3n) is 5.11. The Balaban J connectivity index is 1.62. The average molecular weight is 443 g/mol. The van der Waals surface area contributed by atoms with E-state index in [1.807, 2.05) is 31.2 Å². The molecule has 8 heteroatoms. The van der Waals surface area contributed by atoms with E-state index in [9.17, 15) is 14.9 Å². The lowest BCUT2D eigenvalue weighted by Gasteiger charge is -2.10. The molecule has 0 bridgehead atoms. The monoisotopic (exact) mass is 443 g/mol. The molecule has 166 valence electrons. The molecule has 1 heterocycles. The number of carbonyl (C=O) groups is 1. The van der Waals surface area contributed by atoms with Crippen molar-refractivity contribution in [2.24, 2.45) is 0 Å². The maximum Gasteiger partial charge on any atom is 0.274 e. The molecule has 4 rings (SSSR count). The standard InChI is InChI=1S/C25H21N3O5/c1-3-32-18-13-11-17(12-14-18)23-15-26-25(33-23)20-8-5-4-7-19(20)24(29)27-21-9-6-10-22(16(21)2)28(30)31/h4-15H,3H2,1-2H3,(H,27,29). The normalized spacial score (nSPS) is 10.6. The van der Waals surface area contributed by atoms with E-state index in [2.05, 4.69) is 10.3 Å². The van der Waals surface area contributed by atoms with Crippen LogP contribution in [0.15, 0.2) is 77.3 Å². The smallest absolute Gasteiger partial charge is 0.274 e. The van der Waals surface area contributed by atoms with Crippen LogP contribution in [0.25, 0.3) is 22.8 Å². The van der Waals surface area contributed by atoms with Gasteiger partial charge in [0.1, 0.15) is 5.75 Å². The van der Waals surface area contributed by atoms with Gasteiger partial charge >= 0.3 is 0 Å². The van der Waals surface area contributed by atoms with E-state index in [1.165, 1.54) is 12.1 Å². The number of nitrogens with zero attached hydrogens (tertiary/aromatic N) is 2. The minimum absolute atomic E-state index is 0.0613. The highest BCUT2D eigenvalue weighted by Gasteiger charge is 2.20. The minimum Gasteiger partial charge on any atom is -0.494 e. The van der Waals surface area contributed by atoms with Gasteiger partial charge in [-0.1, -0.05) is 18.2 Å². The van der Waals surface area contributed by atoms with Crippen LogP contribution in [0.1, 0.15) is 22.8 Å². The summed E-state index contributed by atoms with van der Waals surface area (Å²) < 4.78 is 11.4. The molecule has 0 unspecified atom stereocenters. The second-order valence-electron chi connectivity index (χ2n) is 7.19. The van der Waals surface area contributed by atoms with Gasteiger partial charge in [0.05, 0.1) is 34.5 Å². The Hall–Kier alpha value is -4.46. The van der Waals surface area contributed by atoms with Crippen molar-refractivity contribution in [3.63, 3.8) is 0 Å². The summed E-state index contributed by atoms with van der Waals surface area (Å²) in [5.41, 5.74) is 2.35. The van der Waals surface area contributed by atoms with Gasteiger partial charge in [-0.3, -0.25) is 14.9 Å². The van der Waals surface area contributed by atoms with Crippen molar-refractivity contribution >= 4 is 17.3 Å². The Bertz CT molecular complexity index is 1310. The lowest BCUT2D eigenvalue weighted by atomic mass is 10.1. The Labute approximate surface area is 190 Å². The van der Waals surface area contributed by atoms with Crippen molar-refractivity contribution in [3.8, 4) is 28.5 Å². The van der Waals surface area contributed by atoms with Crippen LogP contribution in [0.4, 0.5) is 11.4 Å². The summed E-state index contributed by atoms with van der Waals surface area (Å²) in [6.45, 7) is 4.10. The Morgan fingerprint density at radius 1 is 1.09 bits per heavy atom. The topological polar surface area (TPSA) is 108 Å². The molecule has 0 saturated carbocycles. The van der Waals surface area contributed by atoms with E-state index in [4.69, 9.17) is 9.15 Å². The summed E-state index contributed by atoms with van der Waals surface area (Å²) in [5, 5.41) is 14.0. The van der Waals surface area contributed by atoms with Gasteiger partial charge in [-0.25, -0.2) is 4.98 Å². The fraction of sp³-hybridized carbons (Fsp3) is 0.120. The summed E-state index contributed by atoms with van der Waals surface area (Å²) >= 11 is 0. The molecule has 0 radical (unpaired) electrons. The molecule has 0 spiro atoms. The first-order valence-electron chi connectivity index (χ1n) is 10.3. The summed E-state index contributed by atoms with van der Waals surface area (Å²) in [4.78, 5) is 28.1. The zero-order valence-electron chi connectivity index (χ0n) is 18.1. The predicted molar refractivity (Wildman–Crippen MR) is 124 cm³/mol. The fourth-order valence-electron chi connectivity index (χ4n) is 3.43. The highest BCUT2D eigenvalue weighted by atomic mass is 16.6. The molecule has 1 N–H and O–H groups in total. The molecule has 1 aromatic heterocycles. The minimum atomic E-state index is -0.478. The molecule has 0 atom stereocenters. The number of oxazole rings is 1. The summed E-state index contributed by atoms with van der Waals surface area (Å²) in [6, 6.07) is 18.9. The van der Waals surface area contributed by atoms with Crippen molar-refractivity contribution < 1.29 is 18.9 Å². The van der Waals surface area contributed by atoms with E-state index in [1.54, 1.807) is 43.5 Å². The van der Waals surface area contributed by atoms with Crippen LogP contribution in [0.5, 0.6) is 5.75 Å². The molecule has 8 nitrogen and oxygen atoms in total. The molecule has 33 heavy (non-hydrogen) atoms. The number of benzene rings is 3. The second-order valence-corrected chi connectivity index (χ2v) is 7.19. The third kappa shape index (κ3) is 4.59. The number of nitro benzene ring substituents is 1. The van der Waals surface area contributed by atoms with Gasteiger partial charge in [-0.15, -0.1) is 0 Å². The number of carbonyl (C=O) groups excluding carboxylic acids is 1. The number of nitrogens with one attached hydrogen (secondary N) is 1. The Morgan fingerprint density at radius 3 is 2.58 bits per heavy atom. The lowest BCUT2D eigenvalue weighted by molar-refractivity contribution is -0.385. The zero-order chi connectivity index (χ0) is 23.4. The van der Waals surface area contributed by atoms with Gasteiger partial charge in [-0.05, 0) is 56.3 Å². The zero-order valence-corrected chi connectivity index (χ0v) is 18.1. The highest BCUT2D eigenvalue weighted by molar-refractivity contribution is 6.08. The summed E-state index contributed by atoms with van der Waals surface area (Å²) in [5.74, 6) is 1.19. The molecular weight excluding hydrogens is 422 g/mol. The van der Waals surface area contributed by atoms with Gasteiger partial charge in [0.25, 0.3) is 11.6 Å². The fourth-order valence-corrected chi connectivity index (χ4v) is 3.43. The lowest BCUT2D eigenvalue weighted by Crippen LogP contribution is -2.14. The molecule has 0 fully saturated rings. The molecule has 3 aromatic carbocycles. The van der Waals surface area contributed by atoms with Crippen LogP contribution in [0.3, 0.4) is 0 Å². The van der Waals surface area contributed by atoms with Crippen LogP contribution >= 0.6 is 0 Å². The number of ether oxygens (including phenoxy) is 1. The number of hydrogen-bond donors (Lipinski definition) is 1. The summed E-state index contributed by atoms with van der Waals surface area (Å²) in [7, 11) is 0. The number of hydrogen-bond acceptors (Lipinski definition) is 6. The van der Waals surface area contributed by atoms with Gasteiger partial charge in [0.2, 0.25) is 5.89 Å². The van der Waals surface area contributed by atoms with E-state index in [-0.39, 0.29) is 5.69 Å². The number of anilines is 1. The van der Waals surface area contributed by atoms with Gasteiger partial charge in [-0.2, -0.15) is 0 Å². The van der Waals surface area contributed by atoms with Crippen molar-refractivity contribution in [2.75, 3.05) is 11.9 Å². The van der Waals surface area contributed by atoms with E-state index in [0.717, 1.165) is 11.3 Å². The first-order chi connectivity index (χ1) is 16.0. The third-order valence-corrected chi connectivity index (χ3v) is 5.11. The van der Waals surface area contributed by atoms with Gasteiger partial charge in [0.15, 0.2) is 5.76 Å². The number of rotatable bonds is 7. The first kappa shape index (κ1) is 21.8. The van der Waals surface area contributed by atoms with E-state index < -0.39 is 10.8 Å². The highest BCUT2D eigenvalue weighted by Crippen LogP contribution is 2.30. The van der Waals surface area contributed by atoms with Crippen molar-refractivity contribution in [2.45, 2.75) is 13.8 Å².